The molecule has 2 fully saturated rings. The quantitative estimate of drug-likeness (QED) is 0.418. The molecule has 2 rings (SSSR count). The van der Waals surface area contributed by atoms with Crippen LogP contribution >= 0.6 is 12.6 Å². The van der Waals surface area contributed by atoms with Crippen molar-refractivity contribution in [3.8, 4) is 0 Å². The molecule has 0 amide bonds. The average Bonchev–Trinajstić information content (AvgIpc) is 2.64. The molecule has 72 valence electrons. The monoisotopic (exact) mass is 198 g/mol. The summed E-state index contributed by atoms with van der Waals surface area (Å²) < 4.78 is 5.29. The minimum Gasteiger partial charge on any atom is -0.458 e. The number of hydrogen-bond acceptors (Lipinski definition) is 3. The Hall–Kier alpha value is -0.440. The smallest absolute Gasteiger partial charge is 0.344 e. The van der Waals surface area contributed by atoms with Crippen LogP contribution in [0.2, 0.25) is 0 Å². The predicted molar refractivity (Wildman–Crippen MR) is 53.5 cm³/mol. The highest BCUT2D eigenvalue weighted by Gasteiger charge is 2.41. The minimum atomic E-state index is -0.346. The number of ether oxygens (including phenoxy) is 1. The standard InChI is InChI=1S/C10H14O2S/c1-6(13)10(11)12-9-5-7-2-3-8(9)4-7/h7-9,13H,1-5H2. The molecule has 0 saturated heterocycles. The van der Waals surface area contributed by atoms with Gasteiger partial charge in [-0.15, -0.1) is 12.6 Å². The summed E-state index contributed by atoms with van der Waals surface area (Å²) in [6.45, 7) is 3.45. The van der Waals surface area contributed by atoms with E-state index in [2.05, 4.69) is 19.2 Å². The molecule has 2 aliphatic carbocycles. The van der Waals surface area contributed by atoms with Crippen molar-refractivity contribution in [2.24, 2.45) is 11.8 Å². The van der Waals surface area contributed by atoms with Crippen LogP contribution < -0.4 is 0 Å². The van der Waals surface area contributed by atoms with E-state index in [4.69, 9.17) is 4.74 Å². The largest absolute Gasteiger partial charge is 0.458 e. The van der Waals surface area contributed by atoms with Gasteiger partial charge in [-0.1, -0.05) is 6.58 Å². The summed E-state index contributed by atoms with van der Waals surface area (Å²) in [4.78, 5) is 11.4. The summed E-state index contributed by atoms with van der Waals surface area (Å²) in [5.41, 5.74) is 0. The zero-order valence-corrected chi connectivity index (χ0v) is 8.43. The molecule has 13 heavy (non-hydrogen) atoms. The molecule has 0 aromatic rings. The first-order valence-electron chi connectivity index (χ1n) is 4.75. The lowest BCUT2D eigenvalue weighted by Crippen LogP contribution is -2.23. The Balaban J connectivity index is 1.90. The average molecular weight is 198 g/mol. The van der Waals surface area contributed by atoms with Crippen molar-refractivity contribution in [3.05, 3.63) is 11.5 Å². The molecule has 0 aliphatic heterocycles. The maximum atomic E-state index is 11.2. The zero-order chi connectivity index (χ0) is 9.42. The Labute approximate surface area is 83.8 Å². The van der Waals surface area contributed by atoms with Gasteiger partial charge in [0.15, 0.2) is 0 Å². The van der Waals surface area contributed by atoms with E-state index in [9.17, 15) is 4.79 Å². The van der Waals surface area contributed by atoms with Gasteiger partial charge in [-0.05, 0) is 37.5 Å². The molecule has 0 radical (unpaired) electrons. The molecule has 0 N–H and O–H groups in total. The van der Waals surface area contributed by atoms with Crippen molar-refractivity contribution in [1.29, 1.82) is 0 Å². The first kappa shape index (κ1) is 9.13. The molecule has 0 aromatic carbocycles. The van der Waals surface area contributed by atoms with Crippen LogP contribution in [0, 0.1) is 11.8 Å². The second kappa shape index (κ2) is 3.37. The van der Waals surface area contributed by atoms with Gasteiger partial charge in [0.25, 0.3) is 0 Å². The third-order valence-electron chi connectivity index (χ3n) is 3.17. The van der Waals surface area contributed by atoms with Gasteiger partial charge in [0.2, 0.25) is 0 Å². The Morgan fingerprint density at radius 1 is 1.38 bits per heavy atom. The van der Waals surface area contributed by atoms with E-state index in [1.165, 1.54) is 19.3 Å². The molecular weight excluding hydrogens is 184 g/mol. The lowest BCUT2D eigenvalue weighted by Gasteiger charge is -2.21. The number of carbonyl (C=O) groups excluding carboxylic acids is 1. The van der Waals surface area contributed by atoms with Gasteiger partial charge < -0.3 is 4.74 Å². The van der Waals surface area contributed by atoms with E-state index in [1.54, 1.807) is 0 Å². The number of thiol groups is 1. The molecule has 0 spiro atoms. The molecule has 3 heteroatoms. The van der Waals surface area contributed by atoms with Crippen LogP contribution in [0.5, 0.6) is 0 Å². The molecule has 0 aromatic heterocycles. The van der Waals surface area contributed by atoms with E-state index < -0.39 is 0 Å². The minimum absolute atomic E-state index is 0.148. The second-order valence-electron chi connectivity index (χ2n) is 4.07. The SMILES string of the molecule is C=C(S)C(=O)OC1CC2CCC1C2. The number of fused-ring (bicyclic) bond motifs is 2. The van der Waals surface area contributed by atoms with Gasteiger partial charge in [0, 0.05) is 0 Å². The van der Waals surface area contributed by atoms with E-state index >= 15 is 0 Å². The third kappa shape index (κ3) is 1.75. The topological polar surface area (TPSA) is 26.3 Å². The first-order chi connectivity index (χ1) is 6.16. The number of rotatable bonds is 2. The summed E-state index contributed by atoms with van der Waals surface area (Å²) in [6, 6.07) is 0. The van der Waals surface area contributed by atoms with Crippen molar-refractivity contribution in [3.63, 3.8) is 0 Å². The Morgan fingerprint density at radius 3 is 2.62 bits per heavy atom. The normalized spacial score (nSPS) is 36.2. The second-order valence-corrected chi connectivity index (χ2v) is 4.61. The zero-order valence-electron chi connectivity index (χ0n) is 7.53. The number of hydrogen-bond donors (Lipinski definition) is 1. The molecule has 2 bridgehead atoms. The lowest BCUT2D eigenvalue weighted by atomic mass is 9.98. The van der Waals surface area contributed by atoms with Gasteiger partial charge in [-0.2, -0.15) is 0 Å². The third-order valence-corrected chi connectivity index (χ3v) is 3.35. The fourth-order valence-electron chi connectivity index (χ4n) is 2.54. The molecule has 2 aliphatic rings. The summed E-state index contributed by atoms with van der Waals surface area (Å²) >= 11 is 3.87. The fourth-order valence-corrected chi connectivity index (χ4v) is 2.59. The van der Waals surface area contributed by atoms with Gasteiger partial charge in [0.1, 0.15) is 6.10 Å². The van der Waals surface area contributed by atoms with Crippen molar-refractivity contribution in [1.82, 2.24) is 0 Å². The molecule has 3 atom stereocenters. The van der Waals surface area contributed by atoms with E-state index in [1.807, 2.05) is 0 Å². The van der Waals surface area contributed by atoms with Crippen LogP contribution in [0.1, 0.15) is 25.7 Å². The fraction of sp³-hybridized carbons (Fsp3) is 0.700. The molecule has 2 nitrogen and oxygen atoms in total. The van der Waals surface area contributed by atoms with Gasteiger partial charge in [-0.3, -0.25) is 0 Å². The van der Waals surface area contributed by atoms with E-state index in [-0.39, 0.29) is 17.0 Å². The molecule has 2 saturated carbocycles. The van der Waals surface area contributed by atoms with Gasteiger partial charge in [0.05, 0.1) is 4.91 Å². The Kier molecular flexibility index (Phi) is 2.37. The van der Waals surface area contributed by atoms with Crippen LogP contribution in [-0.4, -0.2) is 12.1 Å². The van der Waals surface area contributed by atoms with Crippen LogP contribution in [-0.2, 0) is 9.53 Å². The summed E-state index contributed by atoms with van der Waals surface area (Å²) in [5, 5.41) is 0. The summed E-state index contributed by atoms with van der Waals surface area (Å²) in [7, 11) is 0. The summed E-state index contributed by atoms with van der Waals surface area (Å²) in [6.07, 6.45) is 4.99. The predicted octanol–water partition coefficient (Wildman–Crippen LogP) is 2.16. The molecular formula is C10H14O2S. The van der Waals surface area contributed by atoms with Crippen LogP contribution in [0.25, 0.3) is 0 Å². The molecule has 0 heterocycles. The van der Waals surface area contributed by atoms with E-state index in [0.29, 0.717) is 5.92 Å². The Morgan fingerprint density at radius 2 is 2.15 bits per heavy atom. The van der Waals surface area contributed by atoms with Gasteiger partial charge in [-0.25, -0.2) is 4.79 Å². The van der Waals surface area contributed by atoms with E-state index in [0.717, 1.165) is 12.3 Å². The van der Waals surface area contributed by atoms with Crippen molar-refractivity contribution >= 4 is 18.6 Å². The van der Waals surface area contributed by atoms with Crippen molar-refractivity contribution in [2.45, 2.75) is 31.8 Å². The first-order valence-corrected chi connectivity index (χ1v) is 5.20. The van der Waals surface area contributed by atoms with Crippen LogP contribution in [0.4, 0.5) is 0 Å². The highest BCUT2D eigenvalue weighted by atomic mass is 32.1. The van der Waals surface area contributed by atoms with Gasteiger partial charge >= 0.3 is 5.97 Å². The van der Waals surface area contributed by atoms with Crippen molar-refractivity contribution in [2.75, 3.05) is 0 Å². The van der Waals surface area contributed by atoms with Crippen molar-refractivity contribution < 1.29 is 9.53 Å². The highest BCUT2D eigenvalue weighted by Crippen LogP contribution is 2.45. The van der Waals surface area contributed by atoms with Crippen LogP contribution in [0.15, 0.2) is 11.5 Å². The maximum absolute atomic E-state index is 11.2. The maximum Gasteiger partial charge on any atom is 0.344 e. The van der Waals surface area contributed by atoms with Crippen LogP contribution in [0.3, 0.4) is 0 Å². The Bertz CT molecular complexity index is 249. The number of esters is 1. The molecule has 3 unspecified atom stereocenters. The lowest BCUT2D eigenvalue weighted by molar-refractivity contribution is -0.145. The highest BCUT2D eigenvalue weighted by molar-refractivity contribution is 7.85. The number of carbonyl (C=O) groups is 1. The summed E-state index contributed by atoms with van der Waals surface area (Å²) in [5.74, 6) is 1.07.